The number of nitrogens with zero attached hydrogens (tertiary/aromatic N) is 1. The van der Waals surface area contributed by atoms with Gasteiger partial charge in [0, 0.05) is 20.4 Å². The number of anilines is 1. The summed E-state index contributed by atoms with van der Waals surface area (Å²) in [6.45, 7) is 0. The molecule has 6 heteroatoms. The van der Waals surface area contributed by atoms with Gasteiger partial charge in [-0.3, -0.25) is 10.1 Å². The fourth-order valence-electron chi connectivity index (χ4n) is 1.72. The topological polar surface area (TPSA) is 42.0 Å². The van der Waals surface area contributed by atoms with E-state index in [-0.39, 0.29) is 5.91 Å². The predicted molar refractivity (Wildman–Crippen MR) is 86.2 cm³/mol. The van der Waals surface area contributed by atoms with Gasteiger partial charge < -0.3 is 0 Å². The van der Waals surface area contributed by atoms with Gasteiger partial charge in [-0.1, -0.05) is 11.6 Å². The lowest BCUT2D eigenvalue weighted by molar-refractivity contribution is 0.102. The number of nitrogens with one attached hydrogen (secondary N) is 1. The van der Waals surface area contributed by atoms with Crippen LogP contribution in [0.2, 0.25) is 5.02 Å². The SMILES string of the molecule is O=C(Nc1nc(C2CC2)cs1)c1ccc(I)c(Cl)c1. The molecule has 2 aromatic rings. The Labute approximate surface area is 133 Å². The number of carbonyl (C=O) groups excluding carboxylic acids is 1. The van der Waals surface area contributed by atoms with Crippen molar-refractivity contribution >= 4 is 56.6 Å². The zero-order chi connectivity index (χ0) is 13.4. The zero-order valence-corrected chi connectivity index (χ0v) is 13.6. The molecule has 0 saturated heterocycles. The van der Waals surface area contributed by atoms with E-state index in [9.17, 15) is 4.79 Å². The molecule has 1 heterocycles. The van der Waals surface area contributed by atoms with Crippen molar-refractivity contribution in [3.8, 4) is 0 Å². The first-order valence-corrected chi connectivity index (χ1v) is 8.19. The molecule has 1 aromatic carbocycles. The minimum Gasteiger partial charge on any atom is -0.298 e. The summed E-state index contributed by atoms with van der Waals surface area (Å²) in [4.78, 5) is 16.5. The molecule has 0 unspecified atom stereocenters. The second-order valence-electron chi connectivity index (χ2n) is 4.43. The summed E-state index contributed by atoms with van der Waals surface area (Å²) in [5.41, 5.74) is 1.65. The molecule has 0 aliphatic heterocycles. The number of carbonyl (C=O) groups is 1. The maximum absolute atomic E-state index is 12.1. The van der Waals surface area contributed by atoms with Gasteiger partial charge in [-0.15, -0.1) is 11.3 Å². The molecule has 98 valence electrons. The predicted octanol–water partition coefficient (Wildman–Crippen LogP) is 4.53. The lowest BCUT2D eigenvalue weighted by Crippen LogP contribution is -2.11. The number of hydrogen-bond donors (Lipinski definition) is 1. The number of benzene rings is 1. The molecule has 19 heavy (non-hydrogen) atoms. The smallest absolute Gasteiger partial charge is 0.257 e. The highest BCUT2D eigenvalue weighted by Crippen LogP contribution is 2.40. The Morgan fingerprint density at radius 1 is 1.47 bits per heavy atom. The Balaban J connectivity index is 1.74. The molecule has 1 amide bonds. The van der Waals surface area contributed by atoms with E-state index >= 15 is 0 Å². The molecule has 3 nitrogen and oxygen atoms in total. The van der Waals surface area contributed by atoms with Crippen molar-refractivity contribution in [3.05, 3.63) is 43.4 Å². The summed E-state index contributed by atoms with van der Waals surface area (Å²) in [7, 11) is 0. The summed E-state index contributed by atoms with van der Waals surface area (Å²) in [5.74, 6) is 0.435. The number of thiazole rings is 1. The maximum atomic E-state index is 12.1. The van der Waals surface area contributed by atoms with Gasteiger partial charge in [0.05, 0.1) is 10.7 Å². The van der Waals surface area contributed by atoms with Crippen molar-refractivity contribution in [2.24, 2.45) is 0 Å². The minimum absolute atomic E-state index is 0.171. The third kappa shape index (κ3) is 3.09. The van der Waals surface area contributed by atoms with Crippen LogP contribution in [0.5, 0.6) is 0 Å². The molecule has 0 bridgehead atoms. The lowest BCUT2D eigenvalue weighted by atomic mass is 10.2. The Kier molecular flexibility index (Phi) is 3.77. The first kappa shape index (κ1) is 13.3. The Hall–Kier alpha value is -0.660. The molecule has 0 radical (unpaired) electrons. The standard InChI is InChI=1S/C13H10ClIN2OS/c14-9-5-8(3-4-10(9)15)12(18)17-13-16-11(6-19-13)7-1-2-7/h3-7H,1-2H2,(H,16,17,18). The number of halogens is 2. The molecular formula is C13H10ClIN2OS. The Bertz CT molecular complexity index is 639. The Morgan fingerprint density at radius 3 is 2.95 bits per heavy atom. The van der Waals surface area contributed by atoms with E-state index in [1.165, 1.54) is 24.2 Å². The van der Waals surface area contributed by atoms with Crippen LogP contribution in [-0.2, 0) is 0 Å². The van der Waals surface area contributed by atoms with E-state index in [0.717, 1.165) is 9.26 Å². The van der Waals surface area contributed by atoms with Crippen LogP contribution in [0.1, 0.15) is 34.8 Å². The van der Waals surface area contributed by atoms with Crippen molar-refractivity contribution in [2.75, 3.05) is 5.32 Å². The van der Waals surface area contributed by atoms with Crippen molar-refractivity contribution in [2.45, 2.75) is 18.8 Å². The largest absolute Gasteiger partial charge is 0.298 e. The molecule has 3 rings (SSSR count). The van der Waals surface area contributed by atoms with E-state index < -0.39 is 0 Å². The molecule has 1 aliphatic carbocycles. The molecule has 1 aromatic heterocycles. The summed E-state index contributed by atoms with van der Waals surface area (Å²) < 4.78 is 0.932. The first-order valence-electron chi connectivity index (χ1n) is 5.85. The van der Waals surface area contributed by atoms with Crippen LogP contribution in [0.25, 0.3) is 0 Å². The van der Waals surface area contributed by atoms with Gasteiger partial charge in [0.25, 0.3) is 5.91 Å². The van der Waals surface area contributed by atoms with E-state index in [1.807, 2.05) is 11.4 Å². The minimum atomic E-state index is -0.171. The van der Waals surface area contributed by atoms with E-state index in [2.05, 4.69) is 32.9 Å². The van der Waals surface area contributed by atoms with Gasteiger partial charge in [0.15, 0.2) is 5.13 Å². The van der Waals surface area contributed by atoms with Crippen LogP contribution in [-0.4, -0.2) is 10.9 Å². The second-order valence-corrected chi connectivity index (χ2v) is 6.86. The number of aromatic nitrogens is 1. The highest BCUT2D eigenvalue weighted by Gasteiger charge is 2.26. The van der Waals surface area contributed by atoms with Gasteiger partial charge in [0.1, 0.15) is 0 Å². The summed E-state index contributed by atoms with van der Waals surface area (Å²) >= 11 is 9.62. The van der Waals surface area contributed by atoms with Gasteiger partial charge in [-0.05, 0) is 53.6 Å². The van der Waals surface area contributed by atoms with Gasteiger partial charge >= 0.3 is 0 Å². The lowest BCUT2D eigenvalue weighted by Gasteiger charge is -2.03. The number of hydrogen-bond acceptors (Lipinski definition) is 3. The molecule has 0 atom stereocenters. The number of amides is 1. The molecule has 1 N–H and O–H groups in total. The molecule has 1 aliphatic rings. The first-order chi connectivity index (χ1) is 9.13. The van der Waals surface area contributed by atoms with Crippen LogP contribution in [0.4, 0.5) is 5.13 Å². The van der Waals surface area contributed by atoms with Crippen LogP contribution >= 0.6 is 45.5 Å². The summed E-state index contributed by atoms with van der Waals surface area (Å²) in [6, 6.07) is 5.27. The van der Waals surface area contributed by atoms with Crippen molar-refractivity contribution < 1.29 is 4.79 Å². The maximum Gasteiger partial charge on any atom is 0.257 e. The highest BCUT2D eigenvalue weighted by molar-refractivity contribution is 14.1. The average Bonchev–Trinajstić information content (AvgIpc) is 3.14. The van der Waals surface area contributed by atoms with Crippen LogP contribution < -0.4 is 5.32 Å². The van der Waals surface area contributed by atoms with E-state index in [4.69, 9.17) is 11.6 Å². The van der Waals surface area contributed by atoms with E-state index in [0.29, 0.717) is 21.6 Å². The van der Waals surface area contributed by atoms with Gasteiger partial charge in [-0.2, -0.15) is 0 Å². The number of rotatable bonds is 3. The van der Waals surface area contributed by atoms with Crippen molar-refractivity contribution in [3.63, 3.8) is 0 Å². The monoisotopic (exact) mass is 404 g/mol. The Morgan fingerprint density at radius 2 is 2.26 bits per heavy atom. The molecule has 0 spiro atoms. The third-order valence-electron chi connectivity index (χ3n) is 2.92. The molecular weight excluding hydrogens is 395 g/mol. The second kappa shape index (κ2) is 5.38. The normalized spacial score (nSPS) is 14.4. The molecule has 1 saturated carbocycles. The van der Waals surface area contributed by atoms with Crippen molar-refractivity contribution in [1.82, 2.24) is 4.98 Å². The quantitative estimate of drug-likeness (QED) is 0.764. The fraction of sp³-hybridized carbons (Fsp3) is 0.231. The van der Waals surface area contributed by atoms with Gasteiger partial charge in [0.2, 0.25) is 0 Å². The average molecular weight is 405 g/mol. The summed E-state index contributed by atoms with van der Waals surface area (Å²) in [5, 5.41) is 6.08. The van der Waals surface area contributed by atoms with Crippen LogP contribution in [0.3, 0.4) is 0 Å². The van der Waals surface area contributed by atoms with E-state index in [1.54, 1.807) is 12.1 Å². The van der Waals surface area contributed by atoms with Crippen LogP contribution in [0.15, 0.2) is 23.6 Å². The van der Waals surface area contributed by atoms with Crippen LogP contribution in [0, 0.1) is 3.57 Å². The molecule has 1 fully saturated rings. The summed E-state index contributed by atoms with van der Waals surface area (Å²) in [6.07, 6.45) is 2.42. The third-order valence-corrected chi connectivity index (χ3v) is 5.27. The fourth-order valence-corrected chi connectivity index (χ4v) is 3.02. The van der Waals surface area contributed by atoms with Crippen molar-refractivity contribution in [1.29, 1.82) is 0 Å². The highest BCUT2D eigenvalue weighted by atomic mass is 127. The zero-order valence-electron chi connectivity index (χ0n) is 9.82. The van der Waals surface area contributed by atoms with Gasteiger partial charge in [-0.25, -0.2) is 4.98 Å².